The quantitative estimate of drug-likeness (QED) is 0.365. The SMILES string of the molecule is CN1C(N)=C(C#N)[C@@H](c2cc(Br)c(OCc3cccc([N+](=O)[O-])c3)c(Br)c2)C2=C1CCCC2=O. The summed E-state index contributed by atoms with van der Waals surface area (Å²) in [7, 11) is 1.79. The summed E-state index contributed by atoms with van der Waals surface area (Å²) in [6, 6.07) is 12.1. The van der Waals surface area contributed by atoms with Gasteiger partial charge in [-0.1, -0.05) is 12.1 Å². The zero-order valence-electron chi connectivity index (χ0n) is 18.2. The molecule has 0 saturated carbocycles. The molecule has 2 N–H and O–H groups in total. The average Bonchev–Trinajstić information content (AvgIpc) is 2.81. The van der Waals surface area contributed by atoms with Crippen LogP contribution in [0.4, 0.5) is 5.69 Å². The smallest absolute Gasteiger partial charge is 0.269 e. The molecule has 1 heterocycles. The normalized spacial score (nSPS) is 18.0. The lowest BCUT2D eigenvalue weighted by molar-refractivity contribution is -0.384. The van der Waals surface area contributed by atoms with E-state index in [0.717, 1.165) is 24.1 Å². The summed E-state index contributed by atoms with van der Waals surface area (Å²) in [6.45, 7) is 0.122. The summed E-state index contributed by atoms with van der Waals surface area (Å²) in [5.41, 5.74) is 9.49. The molecule has 4 rings (SSSR count). The molecule has 1 atom stereocenters. The third-order valence-electron chi connectivity index (χ3n) is 6.03. The molecular weight excluding hydrogens is 568 g/mol. The molecule has 1 aliphatic heterocycles. The lowest BCUT2D eigenvalue weighted by Crippen LogP contribution is -2.36. The molecular formula is C24H20Br2N4O4. The second kappa shape index (κ2) is 9.60. The van der Waals surface area contributed by atoms with Gasteiger partial charge in [-0.3, -0.25) is 14.9 Å². The van der Waals surface area contributed by atoms with E-state index >= 15 is 0 Å². The average molecular weight is 588 g/mol. The summed E-state index contributed by atoms with van der Waals surface area (Å²) in [5.74, 6) is 0.307. The zero-order chi connectivity index (χ0) is 24.6. The molecule has 0 unspecified atom stereocenters. The molecule has 2 aromatic carbocycles. The van der Waals surface area contributed by atoms with Crippen LogP contribution in [0.2, 0.25) is 0 Å². The number of nitro groups is 1. The van der Waals surface area contributed by atoms with Gasteiger partial charge in [-0.05, 0) is 68.0 Å². The van der Waals surface area contributed by atoms with Gasteiger partial charge >= 0.3 is 0 Å². The van der Waals surface area contributed by atoms with E-state index in [9.17, 15) is 20.2 Å². The van der Waals surface area contributed by atoms with Gasteiger partial charge in [0.1, 0.15) is 18.2 Å². The Morgan fingerprint density at radius 3 is 2.62 bits per heavy atom. The van der Waals surface area contributed by atoms with Crippen LogP contribution in [0.1, 0.15) is 36.3 Å². The third kappa shape index (κ3) is 4.33. The van der Waals surface area contributed by atoms with E-state index in [4.69, 9.17) is 10.5 Å². The number of carbonyl (C=O) groups is 1. The van der Waals surface area contributed by atoms with E-state index in [-0.39, 0.29) is 18.1 Å². The van der Waals surface area contributed by atoms with E-state index in [1.54, 1.807) is 24.1 Å². The molecule has 1 aliphatic carbocycles. The van der Waals surface area contributed by atoms with Crippen LogP contribution in [0, 0.1) is 21.4 Å². The minimum Gasteiger partial charge on any atom is -0.487 e. The fourth-order valence-electron chi connectivity index (χ4n) is 4.40. The maximum Gasteiger partial charge on any atom is 0.269 e. The molecule has 34 heavy (non-hydrogen) atoms. The maximum absolute atomic E-state index is 12.9. The number of ketones is 1. The third-order valence-corrected chi connectivity index (χ3v) is 7.21. The van der Waals surface area contributed by atoms with Crippen molar-refractivity contribution in [2.45, 2.75) is 31.8 Å². The zero-order valence-corrected chi connectivity index (χ0v) is 21.3. The molecule has 0 bridgehead atoms. The number of halogens is 2. The molecule has 8 nitrogen and oxygen atoms in total. The van der Waals surface area contributed by atoms with Crippen LogP contribution < -0.4 is 10.5 Å². The van der Waals surface area contributed by atoms with Gasteiger partial charge in [0, 0.05) is 36.9 Å². The molecule has 0 fully saturated rings. The summed E-state index contributed by atoms with van der Waals surface area (Å²) >= 11 is 7.09. The number of benzene rings is 2. The number of nitro benzene ring substituents is 1. The minimum atomic E-state index is -0.567. The van der Waals surface area contributed by atoms with E-state index in [1.807, 2.05) is 12.1 Å². The number of Topliss-reactive ketones (excluding diaryl/α,β-unsaturated/α-hetero) is 1. The van der Waals surface area contributed by atoms with Crippen LogP contribution in [0.15, 0.2) is 68.0 Å². The number of rotatable bonds is 5. The van der Waals surface area contributed by atoms with Gasteiger partial charge in [0.2, 0.25) is 0 Å². The molecule has 10 heteroatoms. The number of ether oxygens (including phenoxy) is 1. The summed E-state index contributed by atoms with van der Waals surface area (Å²) < 4.78 is 7.17. The first-order chi connectivity index (χ1) is 16.2. The lowest BCUT2D eigenvalue weighted by atomic mass is 9.76. The predicted molar refractivity (Wildman–Crippen MR) is 132 cm³/mol. The van der Waals surface area contributed by atoms with Crippen molar-refractivity contribution in [2.24, 2.45) is 5.73 Å². The summed E-state index contributed by atoms with van der Waals surface area (Å²) in [5, 5.41) is 20.9. The van der Waals surface area contributed by atoms with Gasteiger partial charge in [0.15, 0.2) is 5.78 Å². The minimum absolute atomic E-state index is 0.00789. The van der Waals surface area contributed by atoms with Gasteiger partial charge in [-0.15, -0.1) is 0 Å². The Morgan fingerprint density at radius 1 is 1.26 bits per heavy atom. The van der Waals surface area contributed by atoms with Crippen molar-refractivity contribution in [3.63, 3.8) is 0 Å². The number of allylic oxidation sites excluding steroid dienone is 3. The standard InChI is InChI=1S/C24H20Br2N4O4/c1-29-19-6-3-7-20(31)22(19)21(16(11-27)24(29)28)14-9-17(25)23(18(26)10-14)34-12-13-4-2-5-15(8-13)30(32)33/h2,4-5,8-10,21H,3,6-7,12,28H2,1H3/t21-/m1/s1. The molecule has 0 amide bonds. The molecule has 174 valence electrons. The monoisotopic (exact) mass is 586 g/mol. The van der Waals surface area contributed by atoms with Gasteiger partial charge < -0.3 is 15.4 Å². The Hall–Kier alpha value is -3.16. The Balaban J connectivity index is 1.70. The highest BCUT2D eigenvalue weighted by Gasteiger charge is 2.39. The van der Waals surface area contributed by atoms with Crippen molar-refractivity contribution in [1.82, 2.24) is 4.90 Å². The van der Waals surface area contributed by atoms with Gasteiger partial charge in [-0.25, -0.2) is 0 Å². The van der Waals surface area contributed by atoms with Crippen LogP contribution in [0.3, 0.4) is 0 Å². The van der Waals surface area contributed by atoms with E-state index in [0.29, 0.717) is 43.6 Å². The highest BCUT2D eigenvalue weighted by molar-refractivity contribution is 9.11. The topological polar surface area (TPSA) is 122 Å². The second-order valence-corrected chi connectivity index (χ2v) is 9.78. The van der Waals surface area contributed by atoms with Gasteiger partial charge in [0.05, 0.1) is 31.4 Å². The van der Waals surface area contributed by atoms with E-state index in [2.05, 4.69) is 37.9 Å². The number of hydrogen-bond donors (Lipinski definition) is 1. The van der Waals surface area contributed by atoms with Gasteiger partial charge in [-0.2, -0.15) is 5.26 Å². The summed E-state index contributed by atoms with van der Waals surface area (Å²) in [6.07, 6.45) is 1.91. The Bertz CT molecular complexity index is 1290. The summed E-state index contributed by atoms with van der Waals surface area (Å²) in [4.78, 5) is 25.3. The number of nitriles is 1. The second-order valence-electron chi connectivity index (χ2n) is 8.07. The lowest BCUT2D eigenvalue weighted by Gasteiger charge is -2.37. The fourth-order valence-corrected chi connectivity index (χ4v) is 5.85. The number of nitrogens with zero attached hydrogens (tertiary/aromatic N) is 3. The van der Waals surface area contributed by atoms with Crippen molar-refractivity contribution in [1.29, 1.82) is 5.26 Å². The van der Waals surface area contributed by atoms with Crippen molar-refractivity contribution in [3.05, 3.63) is 89.2 Å². The number of non-ortho nitro benzene ring substituents is 1. The molecule has 0 radical (unpaired) electrons. The van der Waals surface area contributed by atoms with E-state index < -0.39 is 10.8 Å². The van der Waals surface area contributed by atoms with Crippen molar-refractivity contribution < 1.29 is 14.5 Å². The Kier molecular flexibility index (Phi) is 6.77. The van der Waals surface area contributed by atoms with Crippen LogP contribution >= 0.6 is 31.9 Å². The van der Waals surface area contributed by atoms with Crippen molar-refractivity contribution in [3.8, 4) is 11.8 Å². The first-order valence-electron chi connectivity index (χ1n) is 10.5. The highest BCUT2D eigenvalue weighted by atomic mass is 79.9. The van der Waals surface area contributed by atoms with Crippen molar-refractivity contribution in [2.75, 3.05) is 7.05 Å². The van der Waals surface area contributed by atoms with Crippen molar-refractivity contribution >= 4 is 43.3 Å². The fraction of sp³-hybridized carbons (Fsp3) is 0.250. The van der Waals surface area contributed by atoms with E-state index in [1.165, 1.54) is 12.1 Å². The highest BCUT2D eigenvalue weighted by Crippen LogP contribution is 2.47. The number of nitrogens with two attached hydrogens (primary N) is 1. The number of carbonyl (C=O) groups excluding carboxylic acids is 1. The largest absolute Gasteiger partial charge is 0.487 e. The van der Waals surface area contributed by atoms with Gasteiger partial charge in [0.25, 0.3) is 5.69 Å². The molecule has 2 aromatic rings. The first-order valence-corrected chi connectivity index (χ1v) is 12.1. The Morgan fingerprint density at radius 2 is 1.97 bits per heavy atom. The molecule has 0 aromatic heterocycles. The maximum atomic E-state index is 12.9. The first kappa shape index (κ1) is 24.0. The van der Waals surface area contributed by atoms with Crippen LogP contribution in [0.25, 0.3) is 0 Å². The van der Waals surface area contributed by atoms with Crippen LogP contribution in [0.5, 0.6) is 5.75 Å². The Labute approximate surface area is 213 Å². The molecule has 0 saturated heterocycles. The molecule has 0 spiro atoms. The van der Waals surface area contributed by atoms with Crippen LogP contribution in [-0.2, 0) is 11.4 Å². The molecule has 2 aliphatic rings. The predicted octanol–water partition coefficient (Wildman–Crippen LogP) is 5.43. The van der Waals surface area contributed by atoms with Crippen LogP contribution in [-0.4, -0.2) is 22.7 Å². The number of hydrogen-bond acceptors (Lipinski definition) is 7.